The third kappa shape index (κ3) is 1.60. The van der Waals surface area contributed by atoms with Crippen molar-refractivity contribution in [2.45, 2.75) is 13.3 Å². The number of terminal acetylenes is 1. The molecule has 0 atom stereocenters. The maximum atomic E-state index is 5.27. The average Bonchev–Trinajstić information content (AvgIpc) is 2.16. The van der Waals surface area contributed by atoms with Crippen molar-refractivity contribution in [2.24, 2.45) is 0 Å². The standard InChI is InChI=1S/C11H12O/c1-4-9-6-7-11(12-3)10(5-2)8-9/h1,6-8H,5H2,2-3H3. The molecule has 0 bridgehead atoms. The lowest BCUT2D eigenvalue weighted by molar-refractivity contribution is 0.410. The zero-order valence-electron chi connectivity index (χ0n) is 7.42. The summed E-state index contributed by atoms with van der Waals surface area (Å²) in [5.74, 6) is 3.51. The topological polar surface area (TPSA) is 9.23 Å². The highest BCUT2D eigenvalue weighted by atomic mass is 16.5. The first-order valence-electron chi connectivity index (χ1n) is 3.95. The van der Waals surface area contributed by atoms with E-state index in [1.165, 1.54) is 0 Å². The van der Waals surface area contributed by atoms with Crippen LogP contribution in [0.5, 0.6) is 5.75 Å². The van der Waals surface area contributed by atoms with E-state index >= 15 is 0 Å². The molecule has 0 saturated heterocycles. The first kappa shape index (κ1) is 8.67. The molecule has 0 unspecified atom stereocenters. The molecule has 0 aliphatic heterocycles. The molecular weight excluding hydrogens is 148 g/mol. The quantitative estimate of drug-likeness (QED) is 0.603. The van der Waals surface area contributed by atoms with Gasteiger partial charge in [-0.3, -0.25) is 0 Å². The fraction of sp³-hybridized carbons (Fsp3) is 0.273. The summed E-state index contributed by atoms with van der Waals surface area (Å²) in [6.45, 7) is 2.08. The Morgan fingerprint density at radius 1 is 1.50 bits per heavy atom. The summed E-state index contributed by atoms with van der Waals surface area (Å²) in [6.07, 6.45) is 6.22. The van der Waals surface area contributed by atoms with Gasteiger partial charge in [0.05, 0.1) is 7.11 Å². The molecular formula is C11H12O. The molecule has 0 radical (unpaired) electrons. The first-order chi connectivity index (χ1) is 5.81. The normalized spacial score (nSPS) is 9.08. The van der Waals surface area contributed by atoms with Gasteiger partial charge in [-0.25, -0.2) is 0 Å². The van der Waals surface area contributed by atoms with E-state index < -0.39 is 0 Å². The Bertz CT molecular complexity index is 307. The van der Waals surface area contributed by atoms with Crippen molar-refractivity contribution in [2.75, 3.05) is 7.11 Å². The Morgan fingerprint density at radius 2 is 2.25 bits per heavy atom. The molecule has 0 amide bonds. The SMILES string of the molecule is C#Cc1ccc(OC)c(CC)c1. The Balaban J connectivity index is 3.13. The fourth-order valence-corrected chi connectivity index (χ4v) is 1.14. The lowest BCUT2D eigenvalue weighted by atomic mass is 10.1. The van der Waals surface area contributed by atoms with Crippen molar-refractivity contribution < 1.29 is 4.74 Å². The molecule has 12 heavy (non-hydrogen) atoms. The highest BCUT2D eigenvalue weighted by molar-refractivity contribution is 5.43. The van der Waals surface area contributed by atoms with Crippen molar-refractivity contribution in [1.29, 1.82) is 0 Å². The number of aryl methyl sites for hydroxylation is 1. The maximum Gasteiger partial charge on any atom is 0.122 e. The van der Waals surface area contributed by atoms with Crippen LogP contribution in [0.15, 0.2) is 18.2 Å². The third-order valence-electron chi connectivity index (χ3n) is 1.83. The predicted octanol–water partition coefficient (Wildman–Crippen LogP) is 2.24. The molecule has 1 heteroatoms. The summed E-state index contributed by atoms with van der Waals surface area (Å²) in [6, 6.07) is 5.78. The van der Waals surface area contributed by atoms with E-state index in [0.29, 0.717) is 0 Å². The second kappa shape index (κ2) is 3.82. The first-order valence-corrected chi connectivity index (χ1v) is 3.95. The van der Waals surface area contributed by atoms with Crippen molar-refractivity contribution in [3.05, 3.63) is 29.3 Å². The summed E-state index contributed by atoms with van der Waals surface area (Å²) in [7, 11) is 1.67. The molecule has 0 fully saturated rings. The van der Waals surface area contributed by atoms with E-state index in [1.54, 1.807) is 7.11 Å². The van der Waals surface area contributed by atoms with Crippen LogP contribution in [0.4, 0.5) is 0 Å². The number of benzene rings is 1. The highest BCUT2D eigenvalue weighted by Gasteiger charge is 1.99. The monoisotopic (exact) mass is 160 g/mol. The van der Waals surface area contributed by atoms with Gasteiger partial charge in [0.1, 0.15) is 5.75 Å². The van der Waals surface area contributed by atoms with Crippen molar-refractivity contribution in [3.63, 3.8) is 0 Å². The number of methoxy groups -OCH3 is 1. The summed E-state index contributed by atoms with van der Waals surface area (Å²) in [5, 5.41) is 0. The van der Waals surface area contributed by atoms with Gasteiger partial charge in [0.25, 0.3) is 0 Å². The van der Waals surface area contributed by atoms with E-state index in [2.05, 4.69) is 12.8 Å². The van der Waals surface area contributed by atoms with Gasteiger partial charge < -0.3 is 4.74 Å². The summed E-state index contributed by atoms with van der Waals surface area (Å²) < 4.78 is 5.17. The third-order valence-corrected chi connectivity index (χ3v) is 1.83. The molecule has 1 rings (SSSR count). The van der Waals surface area contributed by atoms with Crippen LogP contribution in [-0.2, 0) is 6.42 Å². The Kier molecular flexibility index (Phi) is 2.76. The lowest BCUT2D eigenvalue weighted by Crippen LogP contribution is -1.90. The van der Waals surface area contributed by atoms with Crippen LogP contribution in [0.2, 0.25) is 0 Å². The molecule has 62 valence electrons. The average molecular weight is 160 g/mol. The van der Waals surface area contributed by atoms with Crippen molar-refractivity contribution in [1.82, 2.24) is 0 Å². The van der Waals surface area contributed by atoms with Crippen LogP contribution in [0.25, 0.3) is 0 Å². The minimum Gasteiger partial charge on any atom is -0.496 e. The Morgan fingerprint density at radius 3 is 2.75 bits per heavy atom. The number of hydrogen-bond acceptors (Lipinski definition) is 1. The summed E-state index contributed by atoms with van der Waals surface area (Å²) in [4.78, 5) is 0. The van der Waals surface area contributed by atoms with Gasteiger partial charge in [0.15, 0.2) is 0 Å². The molecule has 0 spiro atoms. The van der Waals surface area contributed by atoms with Crippen LogP contribution in [0, 0.1) is 12.3 Å². The van der Waals surface area contributed by atoms with Gasteiger partial charge in [-0.15, -0.1) is 6.42 Å². The summed E-state index contributed by atoms with van der Waals surface area (Å²) in [5.41, 5.74) is 2.07. The molecule has 0 heterocycles. The minimum absolute atomic E-state index is 0.910. The second-order valence-corrected chi connectivity index (χ2v) is 2.52. The zero-order valence-corrected chi connectivity index (χ0v) is 7.42. The largest absolute Gasteiger partial charge is 0.496 e. The molecule has 0 aliphatic carbocycles. The van der Waals surface area contributed by atoms with Gasteiger partial charge in [-0.2, -0.15) is 0 Å². The van der Waals surface area contributed by atoms with Gasteiger partial charge in [0, 0.05) is 5.56 Å². The highest BCUT2D eigenvalue weighted by Crippen LogP contribution is 2.19. The van der Waals surface area contributed by atoms with Gasteiger partial charge in [-0.05, 0) is 30.2 Å². The van der Waals surface area contributed by atoms with Gasteiger partial charge >= 0.3 is 0 Å². The van der Waals surface area contributed by atoms with Crippen LogP contribution < -0.4 is 4.74 Å². The molecule has 0 saturated carbocycles. The molecule has 1 aromatic carbocycles. The number of hydrogen-bond donors (Lipinski definition) is 0. The maximum absolute atomic E-state index is 5.27. The Hall–Kier alpha value is -1.42. The van der Waals surface area contributed by atoms with Gasteiger partial charge in [0.2, 0.25) is 0 Å². The van der Waals surface area contributed by atoms with E-state index in [-0.39, 0.29) is 0 Å². The molecule has 0 aromatic heterocycles. The van der Waals surface area contributed by atoms with E-state index in [4.69, 9.17) is 11.2 Å². The minimum atomic E-state index is 0.910. The zero-order chi connectivity index (χ0) is 8.97. The van der Waals surface area contributed by atoms with Crippen molar-refractivity contribution in [3.8, 4) is 18.1 Å². The van der Waals surface area contributed by atoms with Crippen LogP contribution in [0.3, 0.4) is 0 Å². The molecule has 1 aromatic rings. The van der Waals surface area contributed by atoms with Crippen LogP contribution in [0.1, 0.15) is 18.1 Å². The predicted molar refractivity (Wildman–Crippen MR) is 50.3 cm³/mol. The van der Waals surface area contributed by atoms with Gasteiger partial charge in [-0.1, -0.05) is 12.8 Å². The second-order valence-electron chi connectivity index (χ2n) is 2.52. The van der Waals surface area contributed by atoms with Crippen LogP contribution >= 0.6 is 0 Å². The molecule has 0 aliphatic rings. The smallest absolute Gasteiger partial charge is 0.122 e. The van der Waals surface area contributed by atoms with E-state index in [1.807, 2.05) is 18.2 Å². The van der Waals surface area contributed by atoms with Crippen molar-refractivity contribution >= 4 is 0 Å². The fourth-order valence-electron chi connectivity index (χ4n) is 1.14. The van der Waals surface area contributed by atoms with E-state index in [0.717, 1.165) is 23.3 Å². The number of ether oxygens (including phenoxy) is 1. The lowest BCUT2D eigenvalue weighted by Gasteiger charge is -2.05. The molecule has 0 N–H and O–H groups in total. The summed E-state index contributed by atoms with van der Waals surface area (Å²) >= 11 is 0. The van der Waals surface area contributed by atoms with E-state index in [9.17, 15) is 0 Å². The number of rotatable bonds is 2. The Labute approximate surface area is 73.4 Å². The van der Waals surface area contributed by atoms with Crippen LogP contribution in [-0.4, -0.2) is 7.11 Å². The molecule has 1 nitrogen and oxygen atoms in total.